The highest BCUT2D eigenvalue weighted by Crippen LogP contribution is 2.28. The molecule has 0 bridgehead atoms. The molecule has 1 fully saturated rings. The molecule has 5 heteroatoms. The molecule has 0 radical (unpaired) electrons. The van der Waals surface area contributed by atoms with Gasteiger partial charge in [-0.1, -0.05) is 30.3 Å². The number of phenols is 1. The SMILES string of the molecule is COc1ccccc1N1CCN(CCc2ccc3cccc(O)c3n2)CC1. The second-order valence-electron chi connectivity index (χ2n) is 6.90. The van der Waals surface area contributed by atoms with E-state index in [-0.39, 0.29) is 5.75 Å². The molecular formula is C22H25N3O2. The molecule has 0 unspecified atom stereocenters. The number of aromatic nitrogens is 1. The molecule has 0 saturated carbocycles. The van der Waals surface area contributed by atoms with E-state index in [1.54, 1.807) is 13.2 Å². The molecule has 1 saturated heterocycles. The normalized spacial score (nSPS) is 15.2. The van der Waals surface area contributed by atoms with Gasteiger partial charge < -0.3 is 14.7 Å². The maximum absolute atomic E-state index is 10.0. The van der Waals surface area contributed by atoms with Gasteiger partial charge in [-0.05, 0) is 24.3 Å². The number of benzene rings is 2. The number of para-hydroxylation sites is 3. The lowest BCUT2D eigenvalue weighted by Gasteiger charge is -2.36. The Morgan fingerprint density at radius 1 is 0.963 bits per heavy atom. The quantitative estimate of drug-likeness (QED) is 0.754. The number of nitrogens with zero attached hydrogens (tertiary/aromatic N) is 3. The molecule has 0 spiro atoms. The van der Waals surface area contributed by atoms with Crippen LogP contribution in [0.1, 0.15) is 5.69 Å². The van der Waals surface area contributed by atoms with E-state index in [2.05, 4.69) is 33.0 Å². The van der Waals surface area contributed by atoms with Crippen molar-refractivity contribution in [3.8, 4) is 11.5 Å². The lowest BCUT2D eigenvalue weighted by Crippen LogP contribution is -2.47. The van der Waals surface area contributed by atoms with Crippen LogP contribution < -0.4 is 9.64 Å². The van der Waals surface area contributed by atoms with E-state index in [1.165, 1.54) is 5.69 Å². The molecule has 2 heterocycles. The Kier molecular flexibility index (Phi) is 5.12. The number of fused-ring (bicyclic) bond motifs is 1. The lowest BCUT2D eigenvalue weighted by molar-refractivity contribution is 0.259. The van der Waals surface area contributed by atoms with Crippen LogP contribution in [0, 0.1) is 0 Å². The third-order valence-electron chi connectivity index (χ3n) is 5.24. The summed E-state index contributed by atoms with van der Waals surface area (Å²) in [7, 11) is 1.73. The van der Waals surface area contributed by atoms with Crippen molar-refractivity contribution in [2.75, 3.05) is 44.7 Å². The standard InChI is InChI=1S/C22H25N3O2/c1-27-21-8-3-2-6-19(21)25-15-13-24(14-16-25)12-11-18-10-9-17-5-4-7-20(26)22(17)23-18/h2-10,26H,11-16H2,1H3. The topological polar surface area (TPSA) is 48.8 Å². The van der Waals surface area contributed by atoms with E-state index in [0.29, 0.717) is 5.52 Å². The Morgan fingerprint density at radius 2 is 1.78 bits per heavy atom. The highest BCUT2D eigenvalue weighted by molar-refractivity contribution is 5.84. The Hall–Kier alpha value is -2.79. The van der Waals surface area contributed by atoms with Crippen LogP contribution >= 0.6 is 0 Å². The molecule has 1 aliphatic heterocycles. The molecule has 1 aromatic heterocycles. The number of methoxy groups -OCH3 is 1. The van der Waals surface area contributed by atoms with Crippen molar-refractivity contribution in [3.63, 3.8) is 0 Å². The summed E-state index contributed by atoms with van der Waals surface area (Å²) in [6.45, 7) is 5.01. The van der Waals surface area contributed by atoms with Crippen LogP contribution in [-0.2, 0) is 6.42 Å². The molecule has 1 aliphatic rings. The minimum Gasteiger partial charge on any atom is -0.506 e. The maximum Gasteiger partial charge on any atom is 0.142 e. The van der Waals surface area contributed by atoms with Gasteiger partial charge in [-0.2, -0.15) is 0 Å². The van der Waals surface area contributed by atoms with E-state index >= 15 is 0 Å². The van der Waals surface area contributed by atoms with Gasteiger partial charge in [0.15, 0.2) is 0 Å². The second kappa shape index (κ2) is 7.84. The molecule has 0 aliphatic carbocycles. The minimum absolute atomic E-state index is 0.250. The van der Waals surface area contributed by atoms with Crippen LogP contribution in [0.2, 0.25) is 0 Å². The number of phenolic OH excluding ortho intramolecular Hbond substituents is 1. The van der Waals surface area contributed by atoms with Crippen molar-refractivity contribution >= 4 is 16.6 Å². The number of hydrogen-bond donors (Lipinski definition) is 1. The van der Waals surface area contributed by atoms with Gasteiger partial charge in [-0.3, -0.25) is 4.90 Å². The van der Waals surface area contributed by atoms with Gasteiger partial charge in [0.1, 0.15) is 17.0 Å². The summed E-state index contributed by atoms with van der Waals surface area (Å²) < 4.78 is 5.49. The number of rotatable bonds is 5. The summed E-state index contributed by atoms with van der Waals surface area (Å²) in [6, 6.07) is 17.8. The highest BCUT2D eigenvalue weighted by Gasteiger charge is 2.19. The fraction of sp³-hybridized carbons (Fsp3) is 0.318. The smallest absolute Gasteiger partial charge is 0.142 e. The first-order chi connectivity index (χ1) is 13.2. The predicted molar refractivity (Wildman–Crippen MR) is 109 cm³/mol. The van der Waals surface area contributed by atoms with Crippen molar-refractivity contribution in [1.82, 2.24) is 9.88 Å². The lowest BCUT2D eigenvalue weighted by atomic mass is 10.1. The predicted octanol–water partition coefficient (Wildman–Crippen LogP) is 3.31. The van der Waals surface area contributed by atoms with E-state index in [4.69, 9.17) is 4.74 Å². The molecule has 5 nitrogen and oxygen atoms in total. The number of piperazine rings is 1. The molecular weight excluding hydrogens is 338 g/mol. The van der Waals surface area contributed by atoms with Crippen molar-refractivity contribution in [1.29, 1.82) is 0 Å². The van der Waals surface area contributed by atoms with Crippen LogP contribution in [0.4, 0.5) is 5.69 Å². The first-order valence-corrected chi connectivity index (χ1v) is 9.42. The molecule has 1 N–H and O–H groups in total. The average molecular weight is 363 g/mol. The number of aromatic hydroxyl groups is 1. The molecule has 4 rings (SSSR count). The zero-order chi connectivity index (χ0) is 18.6. The first kappa shape index (κ1) is 17.6. The Bertz CT molecular complexity index is 920. The van der Waals surface area contributed by atoms with Crippen molar-refractivity contribution < 1.29 is 9.84 Å². The fourth-order valence-corrected chi connectivity index (χ4v) is 3.69. The van der Waals surface area contributed by atoms with Crippen molar-refractivity contribution in [3.05, 3.63) is 60.3 Å². The molecule has 27 heavy (non-hydrogen) atoms. The van der Waals surface area contributed by atoms with Crippen LogP contribution in [-0.4, -0.2) is 54.8 Å². The van der Waals surface area contributed by atoms with Crippen molar-refractivity contribution in [2.45, 2.75) is 6.42 Å². The number of hydrogen-bond acceptors (Lipinski definition) is 5. The summed E-state index contributed by atoms with van der Waals surface area (Å²) >= 11 is 0. The summed E-state index contributed by atoms with van der Waals surface area (Å²) in [5.74, 6) is 1.19. The Morgan fingerprint density at radius 3 is 2.59 bits per heavy atom. The molecule has 2 aromatic carbocycles. The van der Waals surface area contributed by atoms with Crippen LogP contribution in [0.15, 0.2) is 54.6 Å². The third-order valence-corrected chi connectivity index (χ3v) is 5.24. The summed E-state index contributed by atoms with van der Waals surface area (Å²) in [5.41, 5.74) is 2.89. The zero-order valence-electron chi connectivity index (χ0n) is 15.6. The summed E-state index contributed by atoms with van der Waals surface area (Å²) in [6.07, 6.45) is 0.888. The Labute approximate surface area is 159 Å². The van der Waals surface area contributed by atoms with Gasteiger partial charge >= 0.3 is 0 Å². The van der Waals surface area contributed by atoms with E-state index < -0.39 is 0 Å². The zero-order valence-corrected chi connectivity index (χ0v) is 15.6. The molecule has 3 aromatic rings. The van der Waals surface area contributed by atoms with Gasteiger partial charge in [-0.15, -0.1) is 0 Å². The summed E-state index contributed by atoms with van der Waals surface area (Å²) in [5, 5.41) is 11.0. The van der Waals surface area contributed by atoms with Gasteiger partial charge in [0, 0.05) is 50.2 Å². The highest BCUT2D eigenvalue weighted by atomic mass is 16.5. The van der Waals surface area contributed by atoms with Gasteiger partial charge in [0.2, 0.25) is 0 Å². The minimum atomic E-state index is 0.250. The monoisotopic (exact) mass is 363 g/mol. The Balaban J connectivity index is 1.35. The summed E-state index contributed by atoms with van der Waals surface area (Å²) in [4.78, 5) is 9.51. The van der Waals surface area contributed by atoms with E-state index in [1.807, 2.05) is 30.3 Å². The number of ether oxygens (including phenoxy) is 1. The first-order valence-electron chi connectivity index (χ1n) is 9.42. The maximum atomic E-state index is 10.0. The average Bonchev–Trinajstić information content (AvgIpc) is 2.73. The molecule has 0 amide bonds. The van der Waals surface area contributed by atoms with Gasteiger partial charge in [-0.25, -0.2) is 4.98 Å². The second-order valence-corrected chi connectivity index (χ2v) is 6.90. The molecule has 140 valence electrons. The van der Waals surface area contributed by atoms with Crippen LogP contribution in [0.5, 0.6) is 11.5 Å². The van der Waals surface area contributed by atoms with Crippen LogP contribution in [0.25, 0.3) is 10.9 Å². The number of pyridine rings is 1. The largest absolute Gasteiger partial charge is 0.506 e. The fourth-order valence-electron chi connectivity index (χ4n) is 3.69. The number of anilines is 1. The van der Waals surface area contributed by atoms with Crippen LogP contribution in [0.3, 0.4) is 0 Å². The van der Waals surface area contributed by atoms with Gasteiger partial charge in [0.25, 0.3) is 0 Å². The molecule has 0 atom stereocenters. The van der Waals surface area contributed by atoms with E-state index in [9.17, 15) is 5.11 Å². The van der Waals surface area contributed by atoms with E-state index in [0.717, 1.165) is 56.0 Å². The van der Waals surface area contributed by atoms with Crippen molar-refractivity contribution in [2.24, 2.45) is 0 Å². The van der Waals surface area contributed by atoms with Gasteiger partial charge in [0.05, 0.1) is 12.8 Å². The third kappa shape index (κ3) is 3.83.